The lowest BCUT2D eigenvalue weighted by molar-refractivity contribution is 0.135. The van der Waals surface area contributed by atoms with Crippen LogP contribution in [-0.4, -0.2) is 44.8 Å². The van der Waals surface area contributed by atoms with Gasteiger partial charge in [0.25, 0.3) is 0 Å². The van der Waals surface area contributed by atoms with E-state index in [1.807, 2.05) is 26.1 Å². The van der Waals surface area contributed by atoms with Crippen LogP contribution in [0.4, 0.5) is 4.39 Å². The van der Waals surface area contributed by atoms with Gasteiger partial charge in [-0.1, -0.05) is 25.1 Å². The summed E-state index contributed by atoms with van der Waals surface area (Å²) in [4.78, 5) is 2.14. The number of nitrogens with zero attached hydrogens (tertiary/aromatic N) is 1. The Morgan fingerprint density at radius 2 is 2.05 bits per heavy atom. The van der Waals surface area contributed by atoms with Gasteiger partial charge in [-0.15, -0.1) is 0 Å². The number of nitrogens with one attached hydrogen (secondary N) is 1. The van der Waals surface area contributed by atoms with Gasteiger partial charge in [0.05, 0.1) is 6.61 Å². The lowest BCUT2D eigenvalue weighted by Crippen LogP contribution is -2.43. The zero-order valence-corrected chi connectivity index (χ0v) is 12.3. The van der Waals surface area contributed by atoms with Gasteiger partial charge in [-0.3, -0.25) is 4.90 Å². The van der Waals surface area contributed by atoms with E-state index < -0.39 is 0 Å². The van der Waals surface area contributed by atoms with Crippen LogP contribution in [0.5, 0.6) is 0 Å². The number of hydrogen-bond donors (Lipinski definition) is 1. The van der Waals surface area contributed by atoms with E-state index in [1.165, 1.54) is 6.07 Å². The summed E-state index contributed by atoms with van der Waals surface area (Å²) >= 11 is 0. The predicted molar refractivity (Wildman–Crippen MR) is 76.8 cm³/mol. The molecule has 2 unspecified atom stereocenters. The van der Waals surface area contributed by atoms with E-state index in [2.05, 4.69) is 17.1 Å². The first-order valence-corrected chi connectivity index (χ1v) is 6.77. The molecule has 0 aliphatic carbocycles. The lowest BCUT2D eigenvalue weighted by Gasteiger charge is -2.29. The summed E-state index contributed by atoms with van der Waals surface area (Å²) < 4.78 is 19.0. The van der Waals surface area contributed by atoms with Crippen molar-refractivity contribution in [2.24, 2.45) is 0 Å². The molecule has 0 saturated heterocycles. The van der Waals surface area contributed by atoms with Crippen molar-refractivity contribution >= 4 is 0 Å². The summed E-state index contributed by atoms with van der Waals surface area (Å²) in [6, 6.07) is 7.25. The Morgan fingerprint density at radius 1 is 1.37 bits per heavy atom. The third kappa shape index (κ3) is 4.90. The fraction of sp³-hybridized carbons (Fsp3) is 0.600. The minimum atomic E-state index is -0.145. The Balaban J connectivity index is 2.65. The fourth-order valence-electron chi connectivity index (χ4n) is 2.22. The summed E-state index contributed by atoms with van der Waals surface area (Å²) in [5.74, 6) is -0.145. The van der Waals surface area contributed by atoms with Crippen LogP contribution in [0.1, 0.15) is 25.5 Å². The van der Waals surface area contributed by atoms with Gasteiger partial charge in [0.15, 0.2) is 0 Å². The Bertz CT molecular complexity index is 367. The maximum atomic E-state index is 13.8. The van der Waals surface area contributed by atoms with Crippen molar-refractivity contribution in [2.75, 3.05) is 33.9 Å². The average molecular weight is 268 g/mol. The molecule has 0 aliphatic rings. The van der Waals surface area contributed by atoms with Crippen LogP contribution in [0, 0.1) is 5.82 Å². The van der Waals surface area contributed by atoms with Crippen LogP contribution >= 0.6 is 0 Å². The number of hydrogen-bond acceptors (Lipinski definition) is 3. The Morgan fingerprint density at radius 3 is 2.63 bits per heavy atom. The van der Waals surface area contributed by atoms with Gasteiger partial charge in [-0.05, 0) is 26.6 Å². The minimum Gasteiger partial charge on any atom is -0.383 e. The van der Waals surface area contributed by atoms with E-state index in [0.29, 0.717) is 6.61 Å². The Labute approximate surface area is 115 Å². The molecule has 1 aromatic rings. The van der Waals surface area contributed by atoms with Crippen LogP contribution in [0.15, 0.2) is 24.3 Å². The molecule has 0 bridgehead atoms. The third-order valence-electron chi connectivity index (χ3n) is 3.39. The highest BCUT2D eigenvalue weighted by Gasteiger charge is 2.18. The van der Waals surface area contributed by atoms with E-state index in [0.717, 1.165) is 18.7 Å². The second-order valence-electron chi connectivity index (χ2n) is 4.85. The van der Waals surface area contributed by atoms with Crippen LogP contribution in [0.3, 0.4) is 0 Å². The topological polar surface area (TPSA) is 24.5 Å². The molecular weight excluding hydrogens is 243 g/mol. The molecule has 0 aliphatic heterocycles. The molecule has 1 aromatic carbocycles. The van der Waals surface area contributed by atoms with Gasteiger partial charge < -0.3 is 10.1 Å². The zero-order valence-electron chi connectivity index (χ0n) is 12.3. The molecule has 2 atom stereocenters. The molecule has 0 heterocycles. The van der Waals surface area contributed by atoms with Crippen LogP contribution in [0.25, 0.3) is 0 Å². The van der Waals surface area contributed by atoms with E-state index in [9.17, 15) is 4.39 Å². The highest BCUT2D eigenvalue weighted by atomic mass is 19.1. The van der Waals surface area contributed by atoms with E-state index in [1.54, 1.807) is 13.2 Å². The van der Waals surface area contributed by atoms with Gasteiger partial charge in [0.2, 0.25) is 0 Å². The van der Waals surface area contributed by atoms with Crippen molar-refractivity contribution in [2.45, 2.75) is 25.9 Å². The number of methoxy groups -OCH3 is 1. The SMILES string of the molecule is CCNC(COC)CN(C)C(C)c1ccccc1F. The summed E-state index contributed by atoms with van der Waals surface area (Å²) in [5, 5.41) is 3.37. The molecule has 0 spiro atoms. The smallest absolute Gasteiger partial charge is 0.127 e. The summed E-state index contributed by atoms with van der Waals surface area (Å²) in [7, 11) is 3.71. The highest BCUT2D eigenvalue weighted by molar-refractivity contribution is 5.20. The molecule has 1 N–H and O–H groups in total. The maximum absolute atomic E-state index is 13.8. The Hall–Kier alpha value is -0.970. The minimum absolute atomic E-state index is 0.0409. The van der Waals surface area contributed by atoms with Crippen LogP contribution in [0.2, 0.25) is 0 Å². The van der Waals surface area contributed by atoms with Gasteiger partial charge in [-0.25, -0.2) is 4.39 Å². The third-order valence-corrected chi connectivity index (χ3v) is 3.39. The number of ether oxygens (including phenoxy) is 1. The van der Waals surface area contributed by atoms with Crippen molar-refractivity contribution in [3.63, 3.8) is 0 Å². The first-order chi connectivity index (χ1) is 9.10. The van der Waals surface area contributed by atoms with Crippen molar-refractivity contribution in [1.82, 2.24) is 10.2 Å². The van der Waals surface area contributed by atoms with Crippen molar-refractivity contribution in [1.29, 1.82) is 0 Å². The van der Waals surface area contributed by atoms with Gasteiger partial charge >= 0.3 is 0 Å². The molecule has 0 aromatic heterocycles. The molecule has 0 radical (unpaired) electrons. The predicted octanol–water partition coefficient (Wildman–Crippen LogP) is 2.44. The van der Waals surface area contributed by atoms with Crippen molar-refractivity contribution in [3.8, 4) is 0 Å². The molecule has 108 valence electrons. The van der Waals surface area contributed by atoms with Gasteiger partial charge in [-0.2, -0.15) is 0 Å². The van der Waals surface area contributed by atoms with Crippen molar-refractivity contribution < 1.29 is 9.13 Å². The monoisotopic (exact) mass is 268 g/mol. The average Bonchev–Trinajstić information content (AvgIpc) is 2.39. The Kier molecular flexibility index (Phi) is 6.99. The summed E-state index contributed by atoms with van der Waals surface area (Å²) in [5.41, 5.74) is 0.734. The fourth-order valence-corrected chi connectivity index (χ4v) is 2.22. The number of halogens is 1. The molecule has 3 nitrogen and oxygen atoms in total. The largest absolute Gasteiger partial charge is 0.383 e. The molecule has 19 heavy (non-hydrogen) atoms. The highest BCUT2D eigenvalue weighted by Crippen LogP contribution is 2.21. The van der Waals surface area contributed by atoms with Gasteiger partial charge in [0, 0.05) is 31.3 Å². The number of rotatable bonds is 8. The van der Waals surface area contributed by atoms with Crippen LogP contribution in [-0.2, 0) is 4.74 Å². The molecule has 1 rings (SSSR count). The first-order valence-electron chi connectivity index (χ1n) is 6.77. The van der Waals surface area contributed by atoms with Gasteiger partial charge in [0.1, 0.15) is 5.82 Å². The zero-order chi connectivity index (χ0) is 14.3. The molecule has 0 amide bonds. The standard InChI is InChI=1S/C15H25FN2O/c1-5-17-13(11-19-4)10-18(3)12(2)14-8-6-7-9-15(14)16/h6-9,12-13,17H,5,10-11H2,1-4H3. The van der Waals surface area contributed by atoms with Crippen LogP contribution < -0.4 is 5.32 Å². The first kappa shape index (κ1) is 16.1. The van der Waals surface area contributed by atoms with Crippen molar-refractivity contribution in [3.05, 3.63) is 35.6 Å². The van der Waals surface area contributed by atoms with E-state index in [-0.39, 0.29) is 17.9 Å². The normalized spacial score (nSPS) is 14.6. The number of likely N-dealkylation sites (N-methyl/N-ethyl adjacent to an activating group) is 2. The quantitative estimate of drug-likeness (QED) is 0.784. The maximum Gasteiger partial charge on any atom is 0.127 e. The van der Waals surface area contributed by atoms with E-state index in [4.69, 9.17) is 4.74 Å². The molecule has 0 fully saturated rings. The summed E-state index contributed by atoms with van der Waals surface area (Å²) in [6.45, 7) is 6.46. The molecule has 0 saturated carbocycles. The second kappa shape index (κ2) is 8.25. The van der Waals surface area contributed by atoms with E-state index >= 15 is 0 Å². The lowest BCUT2D eigenvalue weighted by atomic mass is 10.1. The second-order valence-corrected chi connectivity index (χ2v) is 4.85. The summed E-state index contributed by atoms with van der Waals surface area (Å²) in [6.07, 6.45) is 0. The molecule has 4 heteroatoms. The molecular formula is C15H25FN2O. The number of benzene rings is 1.